The lowest BCUT2D eigenvalue weighted by Gasteiger charge is -2.18. The summed E-state index contributed by atoms with van der Waals surface area (Å²) < 4.78 is 11.5. The summed E-state index contributed by atoms with van der Waals surface area (Å²) >= 11 is 0. The molecule has 0 radical (unpaired) electrons. The second-order valence-corrected chi connectivity index (χ2v) is 6.37. The molecule has 2 N–H and O–H groups in total. The summed E-state index contributed by atoms with van der Waals surface area (Å²) in [5.74, 6) is 0.711. The zero-order valence-electron chi connectivity index (χ0n) is 13.9. The minimum atomic E-state index is -1.21. The number of carbonyl (C=O) groups excluding carboxylic acids is 1. The molecule has 7 heteroatoms. The molecule has 0 spiro atoms. The second-order valence-electron chi connectivity index (χ2n) is 6.37. The largest absolute Gasteiger partial charge is 0.493 e. The quantitative estimate of drug-likeness (QED) is 0.637. The van der Waals surface area contributed by atoms with E-state index in [1.807, 2.05) is 18.2 Å². The predicted molar refractivity (Wildman–Crippen MR) is 86.5 cm³/mol. The van der Waals surface area contributed by atoms with Crippen molar-refractivity contribution in [1.82, 2.24) is 5.48 Å². The van der Waals surface area contributed by atoms with E-state index in [1.54, 1.807) is 19.5 Å². The number of hydroxylamine groups is 1. The normalized spacial score (nSPS) is 23.5. The van der Waals surface area contributed by atoms with Crippen LogP contribution in [0, 0.1) is 0 Å². The fourth-order valence-electron chi connectivity index (χ4n) is 3.07. The number of amides is 1. The van der Waals surface area contributed by atoms with Gasteiger partial charge in [-0.2, -0.15) is 0 Å². The lowest BCUT2D eigenvalue weighted by molar-refractivity contribution is -0.150. The molecule has 3 rings (SSSR count). The summed E-state index contributed by atoms with van der Waals surface area (Å²) in [6.45, 7) is 1.58. The van der Waals surface area contributed by atoms with Gasteiger partial charge in [-0.25, -0.2) is 5.48 Å². The molecule has 1 aromatic rings. The van der Waals surface area contributed by atoms with Crippen LogP contribution in [0.3, 0.4) is 0 Å². The number of rotatable bonds is 5. The van der Waals surface area contributed by atoms with Crippen LogP contribution in [0.4, 0.5) is 0 Å². The van der Waals surface area contributed by atoms with Crippen LogP contribution < -0.4 is 15.0 Å². The van der Waals surface area contributed by atoms with E-state index < -0.39 is 11.5 Å². The summed E-state index contributed by atoms with van der Waals surface area (Å²) in [7, 11) is 1.61. The van der Waals surface area contributed by atoms with E-state index in [4.69, 9.17) is 19.5 Å². The predicted octanol–water partition coefficient (Wildman–Crippen LogP) is 2.41. The van der Waals surface area contributed by atoms with Gasteiger partial charge in [-0.1, -0.05) is 5.16 Å². The maximum absolute atomic E-state index is 11.7. The Balaban J connectivity index is 1.80. The summed E-state index contributed by atoms with van der Waals surface area (Å²) in [5, 5.41) is 12.8. The molecule has 1 atom stereocenters. The van der Waals surface area contributed by atoms with Crippen molar-refractivity contribution in [3.63, 3.8) is 0 Å². The third kappa shape index (κ3) is 3.17. The van der Waals surface area contributed by atoms with Gasteiger partial charge < -0.3 is 14.3 Å². The molecule has 1 aromatic carbocycles. The monoisotopic (exact) mass is 334 g/mol. The maximum atomic E-state index is 11.7. The molecule has 1 heterocycles. The van der Waals surface area contributed by atoms with Crippen LogP contribution in [0.5, 0.6) is 11.5 Å². The SMILES string of the molecule is COc1ccc(C2=NO[C@@](C)(C(=O)NO)C2)cc1OC1CCCC1. The highest BCUT2D eigenvalue weighted by molar-refractivity contribution is 6.05. The standard InChI is InChI=1S/C17H22N2O5/c1-17(16(20)18-21)10-13(19-24-17)11-7-8-14(22-2)15(9-11)23-12-5-3-4-6-12/h7-9,12,21H,3-6,10H2,1-2H3,(H,18,20)/t17-/m1/s1. The highest BCUT2D eigenvalue weighted by Gasteiger charge is 2.42. The molecule has 0 aromatic heterocycles. The van der Waals surface area contributed by atoms with Crippen LogP contribution >= 0.6 is 0 Å². The van der Waals surface area contributed by atoms with Crippen molar-refractivity contribution in [2.24, 2.45) is 5.16 Å². The van der Waals surface area contributed by atoms with E-state index in [2.05, 4.69) is 5.16 Å². The number of nitrogens with zero attached hydrogens (tertiary/aromatic N) is 1. The van der Waals surface area contributed by atoms with Gasteiger partial charge in [0.25, 0.3) is 5.91 Å². The van der Waals surface area contributed by atoms with Crippen molar-refractivity contribution in [2.75, 3.05) is 7.11 Å². The fourth-order valence-corrected chi connectivity index (χ4v) is 3.07. The Hall–Kier alpha value is -2.28. The van der Waals surface area contributed by atoms with Crippen molar-refractivity contribution in [3.05, 3.63) is 23.8 Å². The van der Waals surface area contributed by atoms with E-state index in [9.17, 15) is 4.79 Å². The van der Waals surface area contributed by atoms with E-state index in [-0.39, 0.29) is 12.5 Å². The third-order valence-electron chi connectivity index (χ3n) is 4.54. The lowest BCUT2D eigenvalue weighted by atomic mass is 9.95. The van der Waals surface area contributed by atoms with Gasteiger partial charge in [-0.05, 0) is 50.8 Å². The molecule has 24 heavy (non-hydrogen) atoms. The number of carbonyl (C=O) groups is 1. The Morgan fingerprint density at radius 1 is 1.38 bits per heavy atom. The molecule has 1 aliphatic carbocycles. The number of methoxy groups -OCH3 is 1. The van der Waals surface area contributed by atoms with Gasteiger partial charge >= 0.3 is 0 Å². The van der Waals surface area contributed by atoms with Crippen molar-refractivity contribution in [1.29, 1.82) is 0 Å². The first-order chi connectivity index (χ1) is 11.6. The minimum absolute atomic E-state index is 0.210. The van der Waals surface area contributed by atoms with Crippen LogP contribution in [-0.2, 0) is 9.63 Å². The Morgan fingerprint density at radius 3 is 2.79 bits per heavy atom. The summed E-state index contributed by atoms with van der Waals surface area (Å²) in [5.41, 5.74) is 1.83. The molecule has 0 saturated heterocycles. The molecule has 1 aliphatic heterocycles. The Morgan fingerprint density at radius 2 is 2.12 bits per heavy atom. The molecule has 7 nitrogen and oxygen atoms in total. The van der Waals surface area contributed by atoms with Gasteiger partial charge in [0.2, 0.25) is 5.60 Å². The number of hydrogen-bond donors (Lipinski definition) is 2. The van der Waals surface area contributed by atoms with Crippen molar-refractivity contribution < 1.29 is 24.3 Å². The van der Waals surface area contributed by atoms with Gasteiger partial charge in [0, 0.05) is 12.0 Å². The average molecular weight is 334 g/mol. The first-order valence-electron chi connectivity index (χ1n) is 8.10. The molecule has 130 valence electrons. The first kappa shape index (κ1) is 16.6. The number of ether oxygens (including phenoxy) is 2. The first-order valence-corrected chi connectivity index (χ1v) is 8.10. The topological polar surface area (TPSA) is 89.4 Å². The van der Waals surface area contributed by atoms with Crippen LogP contribution in [-0.4, -0.2) is 35.6 Å². The van der Waals surface area contributed by atoms with E-state index in [1.165, 1.54) is 12.8 Å². The molecular weight excluding hydrogens is 312 g/mol. The second kappa shape index (κ2) is 6.68. The molecule has 0 unspecified atom stereocenters. The van der Waals surface area contributed by atoms with Crippen molar-refractivity contribution in [3.8, 4) is 11.5 Å². The van der Waals surface area contributed by atoms with E-state index in [0.29, 0.717) is 17.2 Å². The van der Waals surface area contributed by atoms with Gasteiger partial charge in [-0.3, -0.25) is 10.0 Å². The lowest BCUT2D eigenvalue weighted by Crippen LogP contribution is -2.43. The molecule has 1 amide bonds. The van der Waals surface area contributed by atoms with Gasteiger partial charge in [0.05, 0.1) is 18.9 Å². The van der Waals surface area contributed by atoms with Crippen LogP contribution in [0.15, 0.2) is 23.4 Å². The van der Waals surface area contributed by atoms with Crippen LogP contribution in [0.2, 0.25) is 0 Å². The molecule has 2 aliphatic rings. The van der Waals surface area contributed by atoms with Gasteiger partial charge in [0.1, 0.15) is 0 Å². The molecule has 1 saturated carbocycles. The van der Waals surface area contributed by atoms with Gasteiger partial charge in [0.15, 0.2) is 11.5 Å². The summed E-state index contributed by atoms with van der Waals surface area (Å²) in [6.07, 6.45) is 4.93. The van der Waals surface area contributed by atoms with Crippen LogP contribution in [0.25, 0.3) is 0 Å². The number of nitrogens with one attached hydrogen (secondary N) is 1. The molecule has 0 bridgehead atoms. The average Bonchev–Trinajstić information content (AvgIpc) is 3.24. The molecular formula is C17H22N2O5. The van der Waals surface area contributed by atoms with Gasteiger partial charge in [-0.15, -0.1) is 0 Å². The van der Waals surface area contributed by atoms with Crippen molar-refractivity contribution in [2.45, 2.75) is 50.7 Å². The highest BCUT2D eigenvalue weighted by atomic mass is 16.7. The number of oxime groups is 1. The van der Waals surface area contributed by atoms with Crippen LogP contribution in [0.1, 0.15) is 44.6 Å². The number of benzene rings is 1. The van der Waals surface area contributed by atoms with Crippen molar-refractivity contribution >= 4 is 11.6 Å². The Bertz CT molecular complexity index is 654. The summed E-state index contributed by atoms with van der Waals surface area (Å²) in [6, 6.07) is 5.54. The maximum Gasteiger partial charge on any atom is 0.290 e. The highest BCUT2D eigenvalue weighted by Crippen LogP contribution is 2.34. The summed E-state index contributed by atoms with van der Waals surface area (Å²) in [4.78, 5) is 16.9. The fraction of sp³-hybridized carbons (Fsp3) is 0.529. The molecule has 1 fully saturated rings. The Labute approximate surface area is 140 Å². The van der Waals surface area contributed by atoms with E-state index in [0.717, 1.165) is 18.4 Å². The third-order valence-corrected chi connectivity index (χ3v) is 4.54. The zero-order valence-corrected chi connectivity index (χ0v) is 13.9. The smallest absolute Gasteiger partial charge is 0.290 e. The van der Waals surface area contributed by atoms with E-state index >= 15 is 0 Å². The number of hydrogen-bond acceptors (Lipinski definition) is 6. The minimum Gasteiger partial charge on any atom is -0.493 e. The zero-order chi connectivity index (χ0) is 17.2. The Kier molecular flexibility index (Phi) is 4.62.